The van der Waals surface area contributed by atoms with Crippen LogP contribution in [-0.2, 0) is 14.8 Å². The number of carbonyl (C=O) groups excluding carboxylic acids is 2. The molecule has 2 amide bonds. The van der Waals surface area contributed by atoms with E-state index in [1.807, 2.05) is 11.8 Å². The van der Waals surface area contributed by atoms with Crippen LogP contribution >= 0.6 is 0 Å². The fourth-order valence-electron chi connectivity index (χ4n) is 4.09. The zero-order valence-electron chi connectivity index (χ0n) is 18.1. The summed E-state index contributed by atoms with van der Waals surface area (Å²) >= 11 is 0. The van der Waals surface area contributed by atoms with Crippen molar-refractivity contribution in [2.24, 2.45) is 4.99 Å². The van der Waals surface area contributed by atoms with Crippen LogP contribution in [0, 0.1) is 6.92 Å². The Morgan fingerprint density at radius 2 is 1.97 bits per heavy atom. The maximum Gasteiger partial charge on any atom is 0.263 e. The summed E-state index contributed by atoms with van der Waals surface area (Å²) in [6, 6.07) is 11.9. The van der Waals surface area contributed by atoms with Crippen molar-refractivity contribution in [1.82, 2.24) is 9.62 Å². The van der Waals surface area contributed by atoms with Crippen molar-refractivity contribution in [3.63, 3.8) is 0 Å². The van der Waals surface area contributed by atoms with Gasteiger partial charge in [0, 0.05) is 29.4 Å². The van der Waals surface area contributed by atoms with Gasteiger partial charge in [0.25, 0.3) is 15.9 Å². The van der Waals surface area contributed by atoms with Crippen LogP contribution < -0.4 is 10.0 Å². The van der Waals surface area contributed by atoms with Crippen LogP contribution in [0.25, 0.3) is 0 Å². The van der Waals surface area contributed by atoms with Crippen molar-refractivity contribution in [1.29, 1.82) is 0 Å². The van der Waals surface area contributed by atoms with Crippen molar-refractivity contribution < 1.29 is 18.0 Å². The highest BCUT2D eigenvalue weighted by atomic mass is 32.2. The highest BCUT2D eigenvalue weighted by Crippen LogP contribution is 2.23. The van der Waals surface area contributed by atoms with Gasteiger partial charge in [0.1, 0.15) is 12.4 Å². The predicted octanol–water partition coefficient (Wildman–Crippen LogP) is 2.69. The molecule has 0 aliphatic carbocycles. The minimum atomic E-state index is -3.64. The number of nitrogens with zero attached hydrogens (tertiary/aromatic N) is 2. The maximum atomic E-state index is 12.9. The van der Waals surface area contributed by atoms with Crippen LogP contribution in [0.1, 0.15) is 47.7 Å². The SMILES string of the molecule is Cc1cc(C(=O)N2CCCCC2C)ccc1NC(=O)CN=C1NS(=O)(=O)c2ccccc21. The van der Waals surface area contributed by atoms with Gasteiger partial charge in [-0.3, -0.25) is 19.3 Å². The molecule has 168 valence electrons. The molecule has 32 heavy (non-hydrogen) atoms. The van der Waals surface area contributed by atoms with E-state index in [1.165, 1.54) is 6.07 Å². The van der Waals surface area contributed by atoms with Gasteiger partial charge >= 0.3 is 0 Å². The van der Waals surface area contributed by atoms with Gasteiger partial charge in [-0.05, 0) is 69.0 Å². The second-order valence-corrected chi connectivity index (χ2v) is 9.84. The molecule has 1 saturated heterocycles. The minimum Gasteiger partial charge on any atom is -0.336 e. The number of fused-ring (bicyclic) bond motifs is 1. The number of piperidine rings is 1. The smallest absolute Gasteiger partial charge is 0.263 e. The van der Waals surface area contributed by atoms with E-state index in [-0.39, 0.29) is 35.1 Å². The largest absolute Gasteiger partial charge is 0.336 e. The summed E-state index contributed by atoms with van der Waals surface area (Å²) in [7, 11) is -3.64. The Kier molecular flexibility index (Phi) is 6.01. The quantitative estimate of drug-likeness (QED) is 0.740. The van der Waals surface area contributed by atoms with Crippen molar-refractivity contribution in [2.45, 2.75) is 44.0 Å². The molecule has 2 aromatic rings. The summed E-state index contributed by atoms with van der Waals surface area (Å²) in [4.78, 5) is 31.5. The second-order valence-electron chi connectivity index (χ2n) is 8.19. The third kappa shape index (κ3) is 4.38. The Morgan fingerprint density at radius 1 is 1.19 bits per heavy atom. The van der Waals surface area contributed by atoms with E-state index in [4.69, 9.17) is 0 Å². The Morgan fingerprint density at radius 3 is 2.72 bits per heavy atom. The van der Waals surface area contributed by atoms with Crippen LogP contribution in [0.15, 0.2) is 52.4 Å². The van der Waals surface area contributed by atoms with Gasteiger partial charge in [-0.2, -0.15) is 0 Å². The number of aliphatic imine (C=N–C) groups is 1. The molecule has 1 atom stereocenters. The number of nitrogens with one attached hydrogen (secondary N) is 2. The maximum absolute atomic E-state index is 12.9. The molecule has 9 heteroatoms. The first kappa shape index (κ1) is 22.0. The highest BCUT2D eigenvalue weighted by Gasteiger charge is 2.30. The van der Waals surface area contributed by atoms with E-state index >= 15 is 0 Å². The van der Waals surface area contributed by atoms with Gasteiger partial charge < -0.3 is 10.2 Å². The highest BCUT2D eigenvalue weighted by molar-refractivity contribution is 7.90. The van der Waals surface area contributed by atoms with Gasteiger partial charge in [0.2, 0.25) is 5.91 Å². The first-order chi connectivity index (χ1) is 15.3. The third-order valence-electron chi connectivity index (χ3n) is 5.85. The molecule has 0 saturated carbocycles. The molecule has 2 N–H and O–H groups in total. The monoisotopic (exact) mass is 454 g/mol. The number of hydrogen-bond acceptors (Lipinski definition) is 5. The third-order valence-corrected chi connectivity index (χ3v) is 7.25. The van der Waals surface area contributed by atoms with Gasteiger partial charge in [0.05, 0.1) is 4.90 Å². The van der Waals surface area contributed by atoms with Crippen LogP contribution in [0.2, 0.25) is 0 Å². The van der Waals surface area contributed by atoms with E-state index < -0.39 is 10.0 Å². The van der Waals surface area contributed by atoms with E-state index in [0.717, 1.165) is 31.4 Å². The fraction of sp³-hybridized carbons (Fsp3) is 0.348. The van der Waals surface area contributed by atoms with Crippen molar-refractivity contribution in [3.8, 4) is 0 Å². The summed E-state index contributed by atoms with van der Waals surface area (Å²) in [5, 5.41) is 2.79. The molecule has 1 fully saturated rings. The normalized spacial score (nSPS) is 20.5. The lowest BCUT2D eigenvalue weighted by Crippen LogP contribution is -2.42. The van der Waals surface area contributed by atoms with Crippen LogP contribution in [0.3, 0.4) is 0 Å². The van der Waals surface area contributed by atoms with Gasteiger partial charge in [-0.1, -0.05) is 12.1 Å². The molecule has 0 radical (unpaired) electrons. The molecule has 2 aliphatic heterocycles. The topological polar surface area (TPSA) is 108 Å². The molecular formula is C23H26N4O4S. The number of likely N-dealkylation sites (tertiary alicyclic amines) is 1. The molecule has 2 heterocycles. The second kappa shape index (κ2) is 8.74. The van der Waals surface area contributed by atoms with Crippen molar-refractivity contribution in [3.05, 3.63) is 59.2 Å². The minimum absolute atomic E-state index is 0.0109. The number of aryl methyl sites for hydroxylation is 1. The molecule has 0 bridgehead atoms. The lowest BCUT2D eigenvalue weighted by atomic mass is 10.0. The molecule has 2 aromatic carbocycles. The number of hydrogen-bond donors (Lipinski definition) is 2. The Labute approximate surface area is 187 Å². The Balaban J connectivity index is 1.43. The van der Waals surface area contributed by atoms with Crippen molar-refractivity contribution >= 4 is 33.4 Å². The fourth-order valence-corrected chi connectivity index (χ4v) is 5.35. The summed E-state index contributed by atoms with van der Waals surface area (Å²) in [5.41, 5.74) is 2.41. The van der Waals surface area contributed by atoms with Gasteiger partial charge in [-0.15, -0.1) is 0 Å². The average molecular weight is 455 g/mol. The molecule has 0 spiro atoms. The van der Waals surface area contributed by atoms with Gasteiger partial charge in [0.15, 0.2) is 0 Å². The number of benzene rings is 2. The predicted molar refractivity (Wildman–Crippen MR) is 122 cm³/mol. The summed E-state index contributed by atoms with van der Waals surface area (Å²) in [6.07, 6.45) is 3.18. The Bertz CT molecular complexity index is 1210. The number of sulfonamides is 1. The number of anilines is 1. The first-order valence-electron chi connectivity index (χ1n) is 10.6. The lowest BCUT2D eigenvalue weighted by Gasteiger charge is -2.33. The standard InChI is InChI=1S/C23H26N4O4S/c1-15-13-17(23(29)27-12-6-5-7-16(27)2)10-11-19(15)25-21(28)14-24-22-18-8-3-4-9-20(18)32(30,31)26-22/h3-4,8-11,13,16H,5-7,12,14H2,1-2H3,(H,24,26)(H,25,28). The molecular weight excluding hydrogens is 428 g/mol. The zero-order chi connectivity index (χ0) is 22.9. The van der Waals surface area contributed by atoms with E-state index in [2.05, 4.69) is 22.0 Å². The lowest BCUT2D eigenvalue weighted by molar-refractivity contribution is -0.114. The Hall–Kier alpha value is -3.20. The molecule has 2 aliphatic rings. The number of carbonyl (C=O) groups is 2. The molecule has 0 aromatic heterocycles. The summed E-state index contributed by atoms with van der Waals surface area (Å²) in [5.74, 6) is -0.214. The number of amidine groups is 1. The molecule has 4 rings (SSSR count). The number of amides is 2. The average Bonchev–Trinajstić information content (AvgIpc) is 3.04. The zero-order valence-corrected chi connectivity index (χ0v) is 18.9. The summed E-state index contributed by atoms with van der Waals surface area (Å²) in [6.45, 7) is 4.44. The van der Waals surface area contributed by atoms with E-state index in [0.29, 0.717) is 16.8 Å². The first-order valence-corrected chi connectivity index (χ1v) is 12.1. The molecule has 1 unspecified atom stereocenters. The number of rotatable bonds is 4. The molecule has 8 nitrogen and oxygen atoms in total. The van der Waals surface area contributed by atoms with E-state index in [1.54, 1.807) is 36.4 Å². The van der Waals surface area contributed by atoms with Crippen LogP contribution in [0.4, 0.5) is 5.69 Å². The van der Waals surface area contributed by atoms with Gasteiger partial charge in [-0.25, -0.2) is 8.42 Å². The van der Waals surface area contributed by atoms with Crippen LogP contribution in [0.5, 0.6) is 0 Å². The van der Waals surface area contributed by atoms with Crippen LogP contribution in [-0.4, -0.2) is 50.1 Å². The van der Waals surface area contributed by atoms with Crippen molar-refractivity contribution in [2.75, 3.05) is 18.4 Å². The van der Waals surface area contributed by atoms with E-state index in [9.17, 15) is 18.0 Å². The summed E-state index contributed by atoms with van der Waals surface area (Å²) < 4.78 is 26.7.